The largest absolute Gasteiger partial charge is 0.280 e. The van der Waals surface area contributed by atoms with E-state index in [-0.39, 0.29) is 5.69 Å². The maximum Gasteiger partial charge on any atom is 0.280 e. The summed E-state index contributed by atoms with van der Waals surface area (Å²) < 4.78 is 1.68. The summed E-state index contributed by atoms with van der Waals surface area (Å²) in [4.78, 5) is 14.6. The second kappa shape index (κ2) is 4.73. The van der Waals surface area contributed by atoms with Crippen LogP contribution in [0, 0.1) is 10.1 Å². The van der Waals surface area contributed by atoms with E-state index in [1.54, 1.807) is 22.9 Å². The van der Waals surface area contributed by atoms with Crippen molar-refractivity contribution in [2.45, 2.75) is 19.9 Å². The average molecular weight is 232 g/mol. The van der Waals surface area contributed by atoms with E-state index in [4.69, 9.17) is 0 Å². The monoisotopic (exact) mass is 232 g/mol. The molecule has 17 heavy (non-hydrogen) atoms. The van der Waals surface area contributed by atoms with Crippen molar-refractivity contribution in [1.82, 2.24) is 14.8 Å². The summed E-state index contributed by atoms with van der Waals surface area (Å²) in [5.74, 6) is 0.541. The molecule has 6 heteroatoms. The van der Waals surface area contributed by atoms with Crippen molar-refractivity contribution < 1.29 is 4.92 Å². The molecule has 0 aliphatic heterocycles. The maximum atomic E-state index is 10.9. The molecule has 6 nitrogen and oxygen atoms in total. The predicted molar refractivity (Wildman–Crippen MR) is 62.4 cm³/mol. The van der Waals surface area contributed by atoms with Crippen LogP contribution < -0.4 is 0 Å². The first-order valence-corrected chi connectivity index (χ1v) is 5.35. The van der Waals surface area contributed by atoms with Gasteiger partial charge in [-0.3, -0.25) is 10.1 Å². The molecule has 0 spiro atoms. The minimum absolute atomic E-state index is 0.0536. The van der Waals surface area contributed by atoms with Crippen LogP contribution in [0.5, 0.6) is 0 Å². The molecule has 0 aliphatic carbocycles. The third-order valence-corrected chi connectivity index (χ3v) is 2.39. The van der Waals surface area contributed by atoms with Gasteiger partial charge in [-0.2, -0.15) is 5.10 Å². The number of para-hydroxylation sites is 1. The Morgan fingerprint density at radius 2 is 2.18 bits per heavy atom. The summed E-state index contributed by atoms with van der Waals surface area (Å²) >= 11 is 0. The van der Waals surface area contributed by atoms with Crippen LogP contribution in [0.4, 0.5) is 5.69 Å². The van der Waals surface area contributed by atoms with Crippen LogP contribution in [-0.4, -0.2) is 19.7 Å². The molecule has 0 amide bonds. The number of rotatable bonds is 4. The highest BCUT2D eigenvalue weighted by Gasteiger charge is 2.18. The molecule has 0 aliphatic rings. The average Bonchev–Trinajstić information content (AvgIpc) is 2.77. The number of benzene rings is 1. The smallest absolute Gasteiger partial charge is 0.258 e. The van der Waals surface area contributed by atoms with Gasteiger partial charge in [0.1, 0.15) is 6.33 Å². The summed E-state index contributed by atoms with van der Waals surface area (Å²) in [6.45, 7) is 2.71. The van der Waals surface area contributed by atoms with Crippen molar-refractivity contribution in [2.24, 2.45) is 0 Å². The van der Waals surface area contributed by atoms with Gasteiger partial charge in [0.15, 0.2) is 5.82 Å². The highest BCUT2D eigenvalue weighted by Crippen LogP contribution is 2.27. The summed E-state index contributed by atoms with van der Waals surface area (Å²) in [5.41, 5.74) is 0.557. The van der Waals surface area contributed by atoms with Crippen LogP contribution in [0.1, 0.15) is 13.3 Å². The number of hydrogen-bond acceptors (Lipinski definition) is 4. The van der Waals surface area contributed by atoms with Crippen LogP contribution >= 0.6 is 0 Å². The first-order chi connectivity index (χ1) is 8.24. The lowest BCUT2D eigenvalue weighted by Crippen LogP contribution is -2.03. The molecule has 88 valence electrons. The highest BCUT2D eigenvalue weighted by molar-refractivity contribution is 5.67. The van der Waals surface area contributed by atoms with Gasteiger partial charge in [-0.1, -0.05) is 19.1 Å². The second-order valence-electron chi connectivity index (χ2n) is 3.58. The molecule has 2 rings (SSSR count). The Kier molecular flexibility index (Phi) is 3.13. The van der Waals surface area contributed by atoms with Crippen molar-refractivity contribution in [3.05, 3.63) is 40.7 Å². The van der Waals surface area contributed by atoms with Gasteiger partial charge in [0.2, 0.25) is 0 Å². The van der Waals surface area contributed by atoms with Crippen molar-refractivity contribution in [1.29, 1.82) is 0 Å². The topological polar surface area (TPSA) is 73.8 Å². The first-order valence-electron chi connectivity index (χ1n) is 5.35. The fraction of sp³-hybridized carbons (Fsp3) is 0.273. The van der Waals surface area contributed by atoms with Crippen molar-refractivity contribution in [2.75, 3.05) is 0 Å². The van der Waals surface area contributed by atoms with Gasteiger partial charge in [0.05, 0.1) is 10.5 Å². The molecule has 0 radical (unpaired) electrons. The normalized spacial score (nSPS) is 10.4. The quantitative estimate of drug-likeness (QED) is 0.598. The van der Waals surface area contributed by atoms with Gasteiger partial charge >= 0.3 is 0 Å². The predicted octanol–water partition coefficient (Wildman–Crippen LogP) is 2.26. The molecule has 1 heterocycles. The molecule has 0 saturated heterocycles. The van der Waals surface area contributed by atoms with E-state index in [9.17, 15) is 10.1 Å². The van der Waals surface area contributed by atoms with Crippen LogP contribution in [0.25, 0.3) is 11.4 Å². The third-order valence-electron chi connectivity index (χ3n) is 2.39. The standard InChI is InChI=1S/C11H12N4O2/c1-2-7-14-11(12-8-13-14)9-5-3-4-6-10(9)15(16)17/h3-6,8H,2,7H2,1H3. The van der Waals surface area contributed by atoms with E-state index in [0.29, 0.717) is 17.9 Å². The Labute approximate surface area is 98.1 Å². The van der Waals surface area contributed by atoms with Gasteiger partial charge in [0, 0.05) is 12.6 Å². The number of nitro groups is 1. The Morgan fingerprint density at radius 3 is 2.88 bits per heavy atom. The Bertz CT molecular complexity index is 536. The van der Waals surface area contributed by atoms with E-state index >= 15 is 0 Å². The number of aryl methyl sites for hydroxylation is 1. The van der Waals surface area contributed by atoms with E-state index in [1.165, 1.54) is 12.4 Å². The lowest BCUT2D eigenvalue weighted by Gasteiger charge is -2.04. The first kappa shape index (κ1) is 11.3. The zero-order chi connectivity index (χ0) is 12.3. The lowest BCUT2D eigenvalue weighted by molar-refractivity contribution is -0.384. The molecule has 0 unspecified atom stereocenters. The van der Waals surface area contributed by atoms with E-state index < -0.39 is 4.92 Å². The highest BCUT2D eigenvalue weighted by atomic mass is 16.6. The Balaban J connectivity index is 2.52. The molecule has 0 N–H and O–H groups in total. The van der Waals surface area contributed by atoms with Gasteiger partial charge in [-0.25, -0.2) is 9.67 Å². The molecule has 0 saturated carbocycles. The van der Waals surface area contributed by atoms with Crippen LogP contribution in [-0.2, 0) is 6.54 Å². The van der Waals surface area contributed by atoms with Crippen molar-refractivity contribution in [3.63, 3.8) is 0 Å². The zero-order valence-electron chi connectivity index (χ0n) is 9.41. The molecule has 0 fully saturated rings. The molecular weight excluding hydrogens is 220 g/mol. The fourth-order valence-corrected chi connectivity index (χ4v) is 1.67. The molecule has 2 aromatic rings. The third kappa shape index (κ3) is 2.15. The summed E-state index contributed by atoms with van der Waals surface area (Å²) in [6.07, 6.45) is 2.32. The SMILES string of the molecule is CCCn1ncnc1-c1ccccc1[N+](=O)[O-]. The number of hydrogen-bond donors (Lipinski definition) is 0. The van der Waals surface area contributed by atoms with E-state index in [0.717, 1.165) is 6.42 Å². The molecule has 1 aromatic heterocycles. The molecule has 0 bridgehead atoms. The maximum absolute atomic E-state index is 10.9. The van der Waals surface area contributed by atoms with Crippen molar-refractivity contribution in [3.8, 4) is 11.4 Å². The van der Waals surface area contributed by atoms with Crippen LogP contribution in [0.15, 0.2) is 30.6 Å². The van der Waals surface area contributed by atoms with Crippen LogP contribution in [0.2, 0.25) is 0 Å². The second-order valence-corrected chi connectivity index (χ2v) is 3.58. The Hall–Kier alpha value is -2.24. The van der Waals surface area contributed by atoms with E-state index in [1.807, 2.05) is 6.92 Å². The van der Waals surface area contributed by atoms with Crippen molar-refractivity contribution >= 4 is 5.69 Å². The Morgan fingerprint density at radius 1 is 1.41 bits per heavy atom. The summed E-state index contributed by atoms with van der Waals surface area (Å²) in [7, 11) is 0. The summed E-state index contributed by atoms with van der Waals surface area (Å²) in [5, 5.41) is 15.0. The van der Waals surface area contributed by atoms with Gasteiger partial charge in [-0.15, -0.1) is 0 Å². The summed E-state index contributed by atoms with van der Waals surface area (Å²) in [6, 6.07) is 6.56. The number of nitro benzene ring substituents is 1. The minimum atomic E-state index is -0.402. The lowest BCUT2D eigenvalue weighted by atomic mass is 10.1. The number of aromatic nitrogens is 3. The van der Waals surface area contributed by atoms with Gasteiger partial charge < -0.3 is 0 Å². The van der Waals surface area contributed by atoms with Gasteiger partial charge in [-0.05, 0) is 12.5 Å². The van der Waals surface area contributed by atoms with Gasteiger partial charge in [0.25, 0.3) is 5.69 Å². The zero-order valence-corrected chi connectivity index (χ0v) is 9.41. The number of nitrogens with zero attached hydrogens (tertiary/aromatic N) is 4. The molecular formula is C11H12N4O2. The van der Waals surface area contributed by atoms with E-state index in [2.05, 4.69) is 10.1 Å². The molecule has 1 aromatic carbocycles. The fourth-order valence-electron chi connectivity index (χ4n) is 1.67. The minimum Gasteiger partial charge on any atom is -0.258 e. The molecule has 0 atom stereocenters. The van der Waals surface area contributed by atoms with Crippen LogP contribution in [0.3, 0.4) is 0 Å².